The fourth-order valence-electron chi connectivity index (χ4n) is 2.03. The van der Waals surface area contributed by atoms with E-state index < -0.39 is 0 Å². The zero-order valence-electron chi connectivity index (χ0n) is 11.5. The summed E-state index contributed by atoms with van der Waals surface area (Å²) in [5.41, 5.74) is 6.26. The van der Waals surface area contributed by atoms with E-state index in [0.29, 0.717) is 13.0 Å². The van der Waals surface area contributed by atoms with E-state index in [4.69, 9.17) is 10.5 Å². The fraction of sp³-hybridized carbons (Fsp3) is 0.923. The lowest BCUT2D eigenvalue weighted by atomic mass is 9.87. The standard InChI is InChI=1S/C13H26N2O2/c1-12(2,3)6-10(14)5-11(16)15-7-13(4)8-17-9-13/h10H,5-9,14H2,1-4H3,(H,15,16). The molecule has 1 aliphatic heterocycles. The minimum Gasteiger partial charge on any atom is -0.380 e. The van der Waals surface area contributed by atoms with Gasteiger partial charge in [-0.3, -0.25) is 4.79 Å². The second-order valence-corrected chi connectivity index (χ2v) is 6.81. The normalized spacial score (nSPS) is 20.5. The Kier molecular flexibility index (Phi) is 4.55. The van der Waals surface area contributed by atoms with Crippen molar-refractivity contribution in [2.24, 2.45) is 16.6 Å². The lowest BCUT2D eigenvalue weighted by Gasteiger charge is -2.38. The van der Waals surface area contributed by atoms with E-state index in [1.807, 2.05) is 0 Å². The molecule has 1 atom stereocenters. The second-order valence-electron chi connectivity index (χ2n) is 6.81. The molecule has 0 saturated carbocycles. The van der Waals surface area contributed by atoms with Crippen LogP contribution in [-0.4, -0.2) is 31.7 Å². The molecule has 3 N–H and O–H groups in total. The van der Waals surface area contributed by atoms with E-state index in [-0.39, 0.29) is 22.8 Å². The monoisotopic (exact) mass is 242 g/mol. The Morgan fingerprint density at radius 3 is 2.47 bits per heavy atom. The molecule has 0 aromatic rings. The number of nitrogens with two attached hydrogens (primary N) is 1. The summed E-state index contributed by atoms with van der Waals surface area (Å²) >= 11 is 0. The molecule has 1 saturated heterocycles. The Balaban J connectivity index is 2.20. The second kappa shape index (κ2) is 5.36. The highest BCUT2D eigenvalue weighted by atomic mass is 16.5. The van der Waals surface area contributed by atoms with E-state index >= 15 is 0 Å². The van der Waals surface area contributed by atoms with Crippen molar-refractivity contribution in [3.63, 3.8) is 0 Å². The molecule has 1 fully saturated rings. The van der Waals surface area contributed by atoms with Crippen LogP contribution in [0.15, 0.2) is 0 Å². The minimum atomic E-state index is -0.0551. The van der Waals surface area contributed by atoms with Gasteiger partial charge in [-0.1, -0.05) is 27.7 Å². The van der Waals surface area contributed by atoms with E-state index in [1.165, 1.54) is 0 Å². The van der Waals surface area contributed by atoms with Crippen molar-refractivity contribution < 1.29 is 9.53 Å². The number of rotatable bonds is 5. The summed E-state index contributed by atoms with van der Waals surface area (Å²) in [6.07, 6.45) is 1.27. The van der Waals surface area contributed by atoms with Crippen LogP contribution in [0.2, 0.25) is 0 Å². The van der Waals surface area contributed by atoms with Crippen molar-refractivity contribution in [3.8, 4) is 0 Å². The number of hydrogen-bond acceptors (Lipinski definition) is 3. The molecule has 0 aromatic heterocycles. The average molecular weight is 242 g/mol. The molecule has 1 rings (SSSR count). The maximum atomic E-state index is 11.7. The first-order chi connectivity index (χ1) is 7.70. The summed E-state index contributed by atoms with van der Waals surface area (Å²) in [7, 11) is 0. The van der Waals surface area contributed by atoms with Crippen LogP contribution < -0.4 is 11.1 Å². The van der Waals surface area contributed by atoms with Crippen LogP contribution in [-0.2, 0) is 9.53 Å². The van der Waals surface area contributed by atoms with Crippen molar-refractivity contribution in [3.05, 3.63) is 0 Å². The van der Waals surface area contributed by atoms with Crippen molar-refractivity contribution in [2.45, 2.75) is 46.6 Å². The van der Waals surface area contributed by atoms with Gasteiger partial charge in [-0.25, -0.2) is 0 Å². The predicted molar refractivity (Wildman–Crippen MR) is 68.6 cm³/mol. The first kappa shape index (κ1) is 14.5. The van der Waals surface area contributed by atoms with Gasteiger partial charge in [0.2, 0.25) is 5.91 Å². The number of hydrogen-bond donors (Lipinski definition) is 2. The number of amides is 1. The van der Waals surface area contributed by atoms with E-state index in [9.17, 15) is 4.79 Å². The Labute approximate surface area is 104 Å². The van der Waals surface area contributed by atoms with Crippen molar-refractivity contribution in [2.75, 3.05) is 19.8 Å². The van der Waals surface area contributed by atoms with Gasteiger partial charge in [-0.05, 0) is 11.8 Å². The third-order valence-electron chi connectivity index (χ3n) is 2.94. The van der Waals surface area contributed by atoms with E-state index in [0.717, 1.165) is 19.6 Å². The van der Waals surface area contributed by atoms with Crippen LogP contribution in [0, 0.1) is 10.8 Å². The van der Waals surface area contributed by atoms with Crippen LogP contribution in [0.4, 0.5) is 0 Å². The van der Waals surface area contributed by atoms with Crippen LogP contribution in [0.1, 0.15) is 40.5 Å². The van der Waals surface area contributed by atoms with Gasteiger partial charge in [0.25, 0.3) is 0 Å². The molecule has 4 nitrogen and oxygen atoms in total. The molecule has 0 radical (unpaired) electrons. The quantitative estimate of drug-likeness (QED) is 0.763. The van der Waals surface area contributed by atoms with Crippen LogP contribution in [0.5, 0.6) is 0 Å². The van der Waals surface area contributed by atoms with Crippen molar-refractivity contribution in [1.29, 1.82) is 0 Å². The van der Waals surface area contributed by atoms with Gasteiger partial charge in [0.15, 0.2) is 0 Å². The zero-order valence-corrected chi connectivity index (χ0v) is 11.5. The topological polar surface area (TPSA) is 64.4 Å². The molecular formula is C13H26N2O2. The number of carbonyl (C=O) groups is 1. The number of ether oxygens (including phenoxy) is 1. The maximum Gasteiger partial charge on any atom is 0.221 e. The Hall–Kier alpha value is -0.610. The van der Waals surface area contributed by atoms with E-state index in [2.05, 4.69) is 33.0 Å². The van der Waals surface area contributed by atoms with Gasteiger partial charge in [0, 0.05) is 24.4 Å². The van der Waals surface area contributed by atoms with Crippen LogP contribution in [0.3, 0.4) is 0 Å². The summed E-state index contributed by atoms with van der Waals surface area (Å²) in [5.74, 6) is 0.0508. The Morgan fingerprint density at radius 2 is 2.06 bits per heavy atom. The summed E-state index contributed by atoms with van der Waals surface area (Å²) in [6, 6.07) is -0.0551. The van der Waals surface area contributed by atoms with Gasteiger partial charge in [-0.15, -0.1) is 0 Å². The molecule has 0 bridgehead atoms. The minimum absolute atomic E-state index is 0.0508. The van der Waals surface area contributed by atoms with Crippen molar-refractivity contribution >= 4 is 5.91 Å². The highest BCUT2D eigenvalue weighted by molar-refractivity contribution is 5.76. The molecule has 1 heterocycles. The molecule has 1 unspecified atom stereocenters. The highest BCUT2D eigenvalue weighted by Crippen LogP contribution is 2.25. The van der Waals surface area contributed by atoms with Crippen molar-refractivity contribution in [1.82, 2.24) is 5.32 Å². The Morgan fingerprint density at radius 1 is 1.47 bits per heavy atom. The van der Waals surface area contributed by atoms with E-state index in [1.54, 1.807) is 0 Å². The third-order valence-corrected chi connectivity index (χ3v) is 2.94. The van der Waals surface area contributed by atoms with Gasteiger partial charge >= 0.3 is 0 Å². The molecule has 1 amide bonds. The number of carbonyl (C=O) groups excluding carboxylic acids is 1. The summed E-state index contributed by atoms with van der Waals surface area (Å²) in [5, 5.41) is 2.94. The highest BCUT2D eigenvalue weighted by Gasteiger charge is 2.33. The SMILES string of the molecule is CC(C)(C)CC(N)CC(=O)NCC1(C)COC1. The maximum absolute atomic E-state index is 11.7. The van der Waals surface area contributed by atoms with Crippen LogP contribution in [0.25, 0.3) is 0 Å². The lowest BCUT2D eigenvalue weighted by Crippen LogP contribution is -2.49. The molecular weight excluding hydrogens is 216 g/mol. The summed E-state index contributed by atoms with van der Waals surface area (Å²) in [6.45, 7) is 10.7. The smallest absolute Gasteiger partial charge is 0.221 e. The summed E-state index contributed by atoms with van der Waals surface area (Å²) in [4.78, 5) is 11.7. The van der Waals surface area contributed by atoms with Crippen LogP contribution >= 0.6 is 0 Å². The van der Waals surface area contributed by atoms with Gasteiger partial charge in [0.1, 0.15) is 0 Å². The molecule has 0 aliphatic carbocycles. The lowest BCUT2D eigenvalue weighted by molar-refractivity contribution is -0.127. The average Bonchev–Trinajstić information content (AvgIpc) is 2.08. The van der Waals surface area contributed by atoms with Gasteiger partial charge in [0.05, 0.1) is 13.2 Å². The molecule has 17 heavy (non-hydrogen) atoms. The molecule has 0 spiro atoms. The molecule has 0 aromatic carbocycles. The molecule has 100 valence electrons. The Bertz CT molecular complexity index is 267. The molecule has 4 heteroatoms. The summed E-state index contributed by atoms with van der Waals surface area (Å²) < 4.78 is 5.14. The fourth-order valence-corrected chi connectivity index (χ4v) is 2.03. The van der Waals surface area contributed by atoms with Gasteiger partial charge in [-0.2, -0.15) is 0 Å². The third kappa shape index (κ3) is 5.50. The zero-order chi connectivity index (χ0) is 13.1. The predicted octanol–water partition coefficient (Wildman–Crippen LogP) is 1.29. The molecule has 1 aliphatic rings. The number of nitrogens with one attached hydrogen (secondary N) is 1. The first-order valence-corrected chi connectivity index (χ1v) is 6.30. The van der Waals surface area contributed by atoms with Gasteiger partial charge < -0.3 is 15.8 Å². The first-order valence-electron chi connectivity index (χ1n) is 6.30. The largest absolute Gasteiger partial charge is 0.380 e.